The van der Waals surface area contributed by atoms with Crippen LogP contribution >= 0.6 is 35.0 Å². The fourth-order valence-electron chi connectivity index (χ4n) is 0.754. The van der Waals surface area contributed by atoms with E-state index in [1.54, 1.807) is 0 Å². The molecule has 2 N–H and O–H groups in total. The Kier molecular flexibility index (Phi) is 3.44. The maximum Gasteiger partial charge on any atom is 0.446 e. The van der Waals surface area contributed by atoms with Crippen LogP contribution in [0.25, 0.3) is 0 Å². The van der Waals surface area contributed by atoms with Crippen LogP contribution in [0.5, 0.6) is 0 Å². The van der Waals surface area contributed by atoms with Gasteiger partial charge in [0.1, 0.15) is 0 Å². The lowest BCUT2D eigenvalue weighted by Gasteiger charge is -2.08. The van der Waals surface area contributed by atoms with Gasteiger partial charge in [0, 0.05) is 4.90 Å². The highest BCUT2D eigenvalue weighted by Gasteiger charge is 2.29. The summed E-state index contributed by atoms with van der Waals surface area (Å²) < 4.78 is 35.9. The van der Waals surface area contributed by atoms with Gasteiger partial charge in [0.25, 0.3) is 0 Å². The van der Waals surface area contributed by atoms with Crippen molar-refractivity contribution in [3.8, 4) is 0 Å². The minimum atomic E-state index is -4.36. The Hall–Kier alpha value is -0.260. The van der Waals surface area contributed by atoms with Crippen molar-refractivity contribution in [2.75, 3.05) is 5.73 Å². The zero-order valence-electron chi connectivity index (χ0n) is 6.53. The molecule has 0 saturated carbocycles. The molecule has 0 heterocycles. The summed E-state index contributed by atoms with van der Waals surface area (Å²) in [7, 11) is 0. The van der Waals surface area contributed by atoms with Crippen LogP contribution in [-0.4, -0.2) is 5.51 Å². The van der Waals surface area contributed by atoms with Gasteiger partial charge in [-0.3, -0.25) is 0 Å². The summed E-state index contributed by atoms with van der Waals surface area (Å²) in [6.45, 7) is 0. The van der Waals surface area contributed by atoms with Gasteiger partial charge >= 0.3 is 5.51 Å². The van der Waals surface area contributed by atoms with Gasteiger partial charge in [0.2, 0.25) is 0 Å². The number of halogens is 5. The summed E-state index contributed by atoms with van der Waals surface area (Å²) in [5, 5.41) is 0.0356. The van der Waals surface area contributed by atoms with Crippen LogP contribution in [-0.2, 0) is 0 Å². The molecule has 1 aromatic rings. The Morgan fingerprint density at radius 1 is 1.14 bits per heavy atom. The summed E-state index contributed by atoms with van der Waals surface area (Å²) in [5.74, 6) is 0. The summed E-state index contributed by atoms with van der Waals surface area (Å²) in [6.07, 6.45) is 0. The van der Waals surface area contributed by atoms with Crippen molar-refractivity contribution < 1.29 is 13.2 Å². The number of alkyl halides is 3. The van der Waals surface area contributed by atoms with Crippen LogP contribution in [0.15, 0.2) is 17.0 Å². The van der Waals surface area contributed by atoms with E-state index in [9.17, 15) is 13.2 Å². The fourth-order valence-corrected chi connectivity index (χ4v) is 1.99. The number of hydrogen-bond acceptors (Lipinski definition) is 2. The molecule has 0 fully saturated rings. The Morgan fingerprint density at radius 3 is 1.93 bits per heavy atom. The van der Waals surface area contributed by atoms with E-state index in [0.29, 0.717) is 0 Å². The van der Waals surface area contributed by atoms with Crippen LogP contribution < -0.4 is 5.73 Å². The number of benzene rings is 1. The number of anilines is 1. The third kappa shape index (κ3) is 3.15. The van der Waals surface area contributed by atoms with Crippen LogP contribution in [0.1, 0.15) is 0 Å². The lowest BCUT2D eigenvalue weighted by molar-refractivity contribution is -0.0328. The highest BCUT2D eigenvalue weighted by molar-refractivity contribution is 8.00. The monoisotopic (exact) mass is 261 g/mol. The van der Waals surface area contributed by atoms with Crippen molar-refractivity contribution >= 4 is 40.7 Å². The first-order valence-corrected chi connectivity index (χ1v) is 4.87. The fraction of sp³-hybridized carbons (Fsp3) is 0.143. The van der Waals surface area contributed by atoms with Crippen molar-refractivity contribution in [1.29, 1.82) is 0 Å². The molecule has 0 aliphatic carbocycles. The third-order valence-corrected chi connectivity index (χ3v) is 2.61. The average Bonchev–Trinajstić information content (AvgIpc) is 1.96. The van der Waals surface area contributed by atoms with E-state index < -0.39 is 5.51 Å². The molecule has 0 aliphatic rings. The van der Waals surface area contributed by atoms with E-state index in [2.05, 4.69) is 0 Å². The van der Waals surface area contributed by atoms with Gasteiger partial charge in [-0.15, -0.1) is 0 Å². The van der Waals surface area contributed by atoms with E-state index >= 15 is 0 Å². The van der Waals surface area contributed by atoms with Crippen molar-refractivity contribution in [2.45, 2.75) is 10.4 Å². The minimum absolute atomic E-state index is 0.0178. The number of nitrogens with two attached hydrogens (primary N) is 1. The molecule has 0 aliphatic heterocycles. The molecule has 0 amide bonds. The van der Waals surface area contributed by atoms with Gasteiger partial charge in [-0.1, -0.05) is 23.2 Å². The number of hydrogen-bond donors (Lipinski definition) is 1. The molecule has 1 aromatic carbocycles. The maximum absolute atomic E-state index is 12.0. The van der Waals surface area contributed by atoms with E-state index in [1.807, 2.05) is 0 Å². The molecule has 0 aromatic heterocycles. The molecule has 0 bridgehead atoms. The predicted octanol–water partition coefficient (Wildman–Crippen LogP) is 4.19. The lowest BCUT2D eigenvalue weighted by atomic mass is 10.3. The molecule has 0 radical (unpaired) electrons. The topological polar surface area (TPSA) is 26.0 Å². The standard InChI is InChI=1S/C7H4Cl2F3NS/c8-4-1-3(14-7(10,11)12)2-5(9)6(4)13/h1-2H,13H2. The highest BCUT2D eigenvalue weighted by Crippen LogP contribution is 2.40. The molecular weight excluding hydrogens is 258 g/mol. The second kappa shape index (κ2) is 4.08. The molecule has 0 unspecified atom stereocenters. The van der Waals surface area contributed by atoms with E-state index in [4.69, 9.17) is 28.9 Å². The Balaban J connectivity index is 3.02. The molecule has 1 rings (SSSR count). The quantitative estimate of drug-likeness (QED) is 0.606. The maximum atomic E-state index is 12.0. The molecule has 14 heavy (non-hydrogen) atoms. The zero-order valence-corrected chi connectivity index (χ0v) is 8.86. The number of nitrogen functional groups attached to an aromatic ring is 1. The van der Waals surface area contributed by atoms with Crippen molar-refractivity contribution in [2.24, 2.45) is 0 Å². The summed E-state index contributed by atoms with van der Waals surface area (Å²) in [4.78, 5) is -0.0818. The second-order valence-electron chi connectivity index (χ2n) is 2.35. The van der Waals surface area contributed by atoms with Crippen LogP contribution in [0.3, 0.4) is 0 Å². The highest BCUT2D eigenvalue weighted by atomic mass is 35.5. The van der Waals surface area contributed by atoms with Crippen molar-refractivity contribution in [1.82, 2.24) is 0 Å². The van der Waals surface area contributed by atoms with Crippen molar-refractivity contribution in [3.05, 3.63) is 22.2 Å². The van der Waals surface area contributed by atoms with Gasteiger partial charge in [0.05, 0.1) is 15.7 Å². The number of thioether (sulfide) groups is 1. The lowest BCUT2D eigenvalue weighted by Crippen LogP contribution is -1.99. The van der Waals surface area contributed by atoms with Gasteiger partial charge in [-0.2, -0.15) is 13.2 Å². The van der Waals surface area contributed by atoms with Crippen LogP contribution in [0.2, 0.25) is 10.0 Å². The average molecular weight is 262 g/mol. The van der Waals surface area contributed by atoms with E-state index in [0.717, 1.165) is 12.1 Å². The first-order chi connectivity index (χ1) is 6.29. The summed E-state index contributed by atoms with van der Waals surface area (Å²) >= 11 is 10.8. The van der Waals surface area contributed by atoms with E-state index in [-0.39, 0.29) is 32.4 Å². The van der Waals surface area contributed by atoms with E-state index in [1.165, 1.54) is 0 Å². The smallest absolute Gasteiger partial charge is 0.396 e. The number of rotatable bonds is 1. The molecule has 0 saturated heterocycles. The van der Waals surface area contributed by atoms with Gasteiger partial charge in [-0.25, -0.2) is 0 Å². The Morgan fingerprint density at radius 2 is 1.57 bits per heavy atom. The molecule has 7 heteroatoms. The molecule has 0 atom stereocenters. The van der Waals surface area contributed by atoms with Crippen LogP contribution in [0.4, 0.5) is 18.9 Å². The molecular formula is C7H4Cl2F3NS. The SMILES string of the molecule is Nc1c(Cl)cc(SC(F)(F)F)cc1Cl. The molecule has 78 valence electrons. The minimum Gasteiger partial charge on any atom is -0.396 e. The third-order valence-electron chi connectivity index (χ3n) is 1.29. The molecule has 1 nitrogen and oxygen atoms in total. The largest absolute Gasteiger partial charge is 0.446 e. The first kappa shape index (κ1) is 11.8. The Bertz CT molecular complexity index is 330. The summed E-state index contributed by atoms with van der Waals surface area (Å²) in [6, 6.07) is 2.25. The van der Waals surface area contributed by atoms with Gasteiger partial charge in [-0.05, 0) is 23.9 Å². The summed E-state index contributed by atoms with van der Waals surface area (Å²) in [5.41, 5.74) is 1.08. The van der Waals surface area contributed by atoms with Crippen molar-refractivity contribution in [3.63, 3.8) is 0 Å². The normalized spacial score (nSPS) is 11.8. The Labute approximate surface area is 92.4 Å². The second-order valence-corrected chi connectivity index (χ2v) is 4.30. The predicted molar refractivity (Wildman–Crippen MR) is 52.8 cm³/mol. The zero-order chi connectivity index (χ0) is 10.9. The molecule has 0 spiro atoms. The van der Waals surface area contributed by atoms with Crippen LogP contribution in [0, 0.1) is 0 Å². The van der Waals surface area contributed by atoms with Gasteiger partial charge < -0.3 is 5.73 Å². The van der Waals surface area contributed by atoms with Gasteiger partial charge in [0.15, 0.2) is 0 Å². The first-order valence-electron chi connectivity index (χ1n) is 3.30.